The molecule has 0 aromatic heterocycles. The first-order chi connectivity index (χ1) is 7.97. The summed E-state index contributed by atoms with van der Waals surface area (Å²) in [4.78, 5) is 2.70. The Balaban J connectivity index is 1.76. The van der Waals surface area contributed by atoms with Crippen molar-refractivity contribution in [3.8, 4) is 0 Å². The second kappa shape index (κ2) is 5.27. The van der Waals surface area contributed by atoms with Gasteiger partial charge in [-0.3, -0.25) is 0 Å². The van der Waals surface area contributed by atoms with Crippen LogP contribution >= 0.6 is 0 Å². The Morgan fingerprint density at radius 3 is 2.24 bits per heavy atom. The largest absolute Gasteiger partial charge is 0.314 e. The summed E-state index contributed by atoms with van der Waals surface area (Å²) in [6, 6.07) is 0.732. The van der Waals surface area contributed by atoms with Gasteiger partial charge in [0.1, 0.15) is 0 Å². The number of hydrogen-bond acceptors (Lipinski definition) is 2. The van der Waals surface area contributed by atoms with E-state index in [0.717, 1.165) is 17.9 Å². The highest BCUT2D eigenvalue weighted by molar-refractivity contribution is 4.86. The van der Waals surface area contributed by atoms with Gasteiger partial charge in [0.2, 0.25) is 0 Å². The van der Waals surface area contributed by atoms with E-state index in [2.05, 4.69) is 37.9 Å². The third-order valence-electron chi connectivity index (χ3n) is 4.99. The van der Waals surface area contributed by atoms with Gasteiger partial charge in [0.15, 0.2) is 0 Å². The Morgan fingerprint density at radius 1 is 1.12 bits per heavy atom. The molecule has 0 aliphatic carbocycles. The molecule has 100 valence electrons. The predicted octanol–water partition coefficient (Wildman–Crippen LogP) is 2.74. The van der Waals surface area contributed by atoms with Crippen molar-refractivity contribution in [1.82, 2.24) is 10.2 Å². The van der Waals surface area contributed by atoms with Crippen molar-refractivity contribution >= 4 is 0 Å². The van der Waals surface area contributed by atoms with Gasteiger partial charge in [-0.25, -0.2) is 0 Å². The fourth-order valence-electron chi connectivity index (χ4n) is 3.48. The quantitative estimate of drug-likeness (QED) is 0.796. The maximum Gasteiger partial charge on any atom is 0.00796 e. The highest BCUT2D eigenvalue weighted by atomic mass is 15.1. The number of piperidine rings is 1. The summed E-state index contributed by atoms with van der Waals surface area (Å²) in [6.07, 6.45) is 4.18. The summed E-state index contributed by atoms with van der Waals surface area (Å²) in [7, 11) is 0. The second-order valence-electron chi connectivity index (χ2n) is 7.23. The summed E-state index contributed by atoms with van der Waals surface area (Å²) in [6.45, 7) is 14.7. The Labute approximate surface area is 107 Å². The first-order valence-electron chi connectivity index (χ1n) is 7.42. The van der Waals surface area contributed by atoms with E-state index in [1.807, 2.05) is 0 Å². The van der Waals surface area contributed by atoms with Gasteiger partial charge < -0.3 is 10.2 Å². The monoisotopic (exact) mass is 238 g/mol. The fourth-order valence-corrected chi connectivity index (χ4v) is 3.48. The molecule has 2 unspecified atom stereocenters. The molecule has 2 aliphatic rings. The average Bonchev–Trinajstić information content (AvgIpc) is 2.64. The van der Waals surface area contributed by atoms with Crippen LogP contribution in [-0.2, 0) is 0 Å². The Kier molecular flexibility index (Phi) is 4.14. The zero-order valence-corrected chi connectivity index (χ0v) is 12.1. The second-order valence-corrected chi connectivity index (χ2v) is 7.23. The Hall–Kier alpha value is -0.0800. The van der Waals surface area contributed by atoms with Crippen LogP contribution in [0.3, 0.4) is 0 Å². The zero-order chi connectivity index (χ0) is 12.5. The van der Waals surface area contributed by atoms with E-state index >= 15 is 0 Å². The van der Waals surface area contributed by atoms with Crippen molar-refractivity contribution in [2.24, 2.45) is 17.3 Å². The maximum absolute atomic E-state index is 3.57. The number of rotatable bonds is 2. The average molecular weight is 238 g/mol. The third-order valence-corrected chi connectivity index (χ3v) is 4.99. The van der Waals surface area contributed by atoms with E-state index in [1.165, 1.54) is 45.4 Å². The van der Waals surface area contributed by atoms with Crippen LogP contribution < -0.4 is 5.32 Å². The molecule has 17 heavy (non-hydrogen) atoms. The molecule has 0 aromatic rings. The van der Waals surface area contributed by atoms with Crippen LogP contribution in [0, 0.1) is 17.3 Å². The minimum absolute atomic E-state index is 0.508. The molecular formula is C15H30N2. The third kappa shape index (κ3) is 3.45. The van der Waals surface area contributed by atoms with Crippen molar-refractivity contribution in [3.05, 3.63) is 0 Å². The summed E-state index contributed by atoms with van der Waals surface area (Å²) < 4.78 is 0. The molecule has 2 saturated heterocycles. The SMILES string of the molecule is CC1NCCC1CN1CCC(C(C)(C)C)CC1. The summed E-state index contributed by atoms with van der Waals surface area (Å²) in [5, 5.41) is 3.57. The molecule has 0 aromatic carbocycles. The van der Waals surface area contributed by atoms with Crippen LogP contribution in [0.4, 0.5) is 0 Å². The van der Waals surface area contributed by atoms with E-state index in [9.17, 15) is 0 Å². The first-order valence-corrected chi connectivity index (χ1v) is 7.42. The molecule has 2 nitrogen and oxygen atoms in total. The molecular weight excluding hydrogens is 208 g/mol. The molecule has 2 rings (SSSR count). The van der Waals surface area contributed by atoms with Crippen LogP contribution in [-0.4, -0.2) is 37.1 Å². The topological polar surface area (TPSA) is 15.3 Å². The van der Waals surface area contributed by atoms with Gasteiger partial charge in [-0.15, -0.1) is 0 Å². The fraction of sp³-hybridized carbons (Fsp3) is 1.00. The van der Waals surface area contributed by atoms with Gasteiger partial charge in [-0.05, 0) is 63.1 Å². The van der Waals surface area contributed by atoms with Gasteiger partial charge in [-0.2, -0.15) is 0 Å². The van der Waals surface area contributed by atoms with Gasteiger partial charge >= 0.3 is 0 Å². The van der Waals surface area contributed by atoms with Crippen LogP contribution in [0.1, 0.15) is 47.0 Å². The van der Waals surface area contributed by atoms with Crippen LogP contribution in [0.2, 0.25) is 0 Å². The molecule has 2 aliphatic heterocycles. The van der Waals surface area contributed by atoms with Crippen molar-refractivity contribution in [3.63, 3.8) is 0 Å². The van der Waals surface area contributed by atoms with Crippen molar-refractivity contribution in [2.45, 2.75) is 53.0 Å². The van der Waals surface area contributed by atoms with Gasteiger partial charge in [0, 0.05) is 12.6 Å². The normalized spacial score (nSPS) is 33.2. The summed E-state index contributed by atoms with van der Waals surface area (Å²) in [5.74, 6) is 1.82. The molecule has 0 bridgehead atoms. The van der Waals surface area contributed by atoms with E-state index in [-0.39, 0.29) is 0 Å². The van der Waals surface area contributed by atoms with Gasteiger partial charge in [-0.1, -0.05) is 20.8 Å². The maximum atomic E-state index is 3.57. The molecule has 0 spiro atoms. The Bertz CT molecular complexity index is 236. The van der Waals surface area contributed by atoms with E-state index in [4.69, 9.17) is 0 Å². The molecule has 0 amide bonds. The van der Waals surface area contributed by atoms with E-state index in [1.54, 1.807) is 0 Å². The lowest BCUT2D eigenvalue weighted by atomic mass is 9.75. The van der Waals surface area contributed by atoms with Crippen LogP contribution in [0.5, 0.6) is 0 Å². The predicted molar refractivity (Wildman–Crippen MR) is 74.2 cm³/mol. The number of hydrogen-bond donors (Lipinski definition) is 1. The zero-order valence-electron chi connectivity index (χ0n) is 12.1. The lowest BCUT2D eigenvalue weighted by molar-refractivity contribution is 0.0996. The minimum atomic E-state index is 0.508. The van der Waals surface area contributed by atoms with Gasteiger partial charge in [0.25, 0.3) is 0 Å². The van der Waals surface area contributed by atoms with E-state index in [0.29, 0.717) is 5.41 Å². The van der Waals surface area contributed by atoms with E-state index < -0.39 is 0 Å². The molecule has 2 atom stereocenters. The van der Waals surface area contributed by atoms with Crippen molar-refractivity contribution in [2.75, 3.05) is 26.2 Å². The summed E-state index contributed by atoms with van der Waals surface area (Å²) >= 11 is 0. The number of nitrogens with one attached hydrogen (secondary N) is 1. The standard InChI is InChI=1S/C15H30N2/c1-12-13(5-8-16-12)11-17-9-6-14(7-10-17)15(2,3)4/h12-14,16H,5-11H2,1-4H3. The Morgan fingerprint density at radius 2 is 1.76 bits per heavy atom. The molecule has 0 saturated carbocycles. The molecule has 1 N–H and O–H groups in total. The molecule has 0 radical (unpaired) electrons. The summed E-state index contributed by atoms with van der Waals surface area (Å²) in [5.41, 5.74) is 0.508. The van der Waals surface area contributed by atoms with Crippen molar-refractivity contribution < 1.29 is 0 Å². The minimum Gasteiger partial charge on any atom is -0.314 e. The van der Waals surface area contributed by atoms with Crippen LogP contribution in [0.25, 0.3) is 0 Å². The number of nitrogens with zero attached hydrogens (tertiary/aromatic N) is 1. The number of likely N-dealkylation sites (tertiary alicyclic amines) is 1. The lowest BCUT2D eigenvalue weighted by Gasteiger charge is -2.39. The van der Waals surface area contributed by atoms with Crippen molar-refractivity contribution in [1.29, 1.82) is 0 Å². The van der Waals surface area contributed by atoms with Crippen LogP contribution in [0.15, 0.2) is 0 Å². The lowest BCUT2D eigenvalue weighted by Crippen LogP contribution is -2.41. The molecule has 2 heteroatoms. The highest BCUT2D eigenvalue weighted by Gasteiger charge is 2.31. The molecule has 2 heterocycles. The van der Waals surface area contributed by atoms with Gasteiger partial charge in [0.05, 0.1) is 0 Å². The first kappa shape index (κ1) is 13.4. The highest BCUT2D eigenvalue weighted by Crippen LogP contribution is 2.34. The smallest absolute Gasteiger partial charge is 0.00796 e. The molecule has 2 fully saturated rings.